The first-order chi connectivity index (χ1) is 13.5. The van der Waals surface area contributed by atoms with Gasteiger partial charge in [0.15, 0.2) is 6.29 Å². The van der Waals surface area contributed by atoms with Crippen molar-refractivity contribution < 1.29 is 28.5 Å². The van der Waals surface area contributed by atoms with Gasteiger partial charge in [0.05, 0.1) is 12.0 Å². The third-order valence-corrected chi connectivity index (χ3v) is 4.94. The van der Waals surface area contributed by atoms with Gasteiger partial charge in [0.25, 0.3) is 0 Å². The molecule has 7 nitrogen and oxygen atoms in total. The fourth-order valence-electron chi connectivity index (χ4n) is 3.31. The first-order valence-electron chi connectivity index (χ1n) is 9.74. The Bertz CT molecular complexity index is 619. The van der Waals surface area contributed by atoms with Crippen LogP contribution in [0.4, 0.5) is 4.79 Å². The summed E-state index contributed by atoms with van der Waals surface area (Å²) in [5.74, 6) is -0.977. The fourth-order valence-corrected chi connectivity index (χ4v) is 3.31. The van der Waals surface area contributed by atoms with Gasteiger partial charge in [-0.05, 0) is 18.4 Å². The highest BCUT2D eigenvalue weighted by atomic mass is 16.7. The Labute approximate surface area is 166 Å². The van der Waals surface area contributed by atoms with E-state index in [4.69, 9.17) is 18.9 Å². The number of nitrogens with zero attached hydrogens (tertiary/aromatic N) is 1. The summed E-state index contributed by atoms with van der Waals surface area (Å²) in [6.45, 7) is 4.46. The summed E-state index contributed by atoms with van der Waals surface area (Å²) in [5, 5.41) is 0. The van der Waals surface area contributed by atoms with Crippen LogP contribution in [0.25, 0.3) is 0 Å². The summed E-state index contributed by atoms with van der Waals surface area (Å²) in [6, 6.07) is 9.39. The molecule has 0 aromatic heterocycles. The van der Waals surface area contributed by atoms with Crippen LogP contribution >= 0.6 is 0 Å². The van der Waals surface area contributed by atoms with Crippen LogP contribution in [0.2, 0.25) is 0 Å². The van der Waals surface area contributed by atoms with E-state index in [1.54, 1.807) is 6.92 Å². The first kappa shape index (κ1) is 22.3. The minimum atomic E-state index is -0.706. The predicted octanol–water partition coefficient (Wildman–Crippen LogP) is 3.02. The van der Waals surface area contributed by atoms with Crippen molar-refractivity contribution in [3.8, 4) is 0 Å². The summed E-state index contributed by atoms with van der Waals surface area (Å²) < 4.78 is 21.8. The smallest absolute Gasteiger partial charge is 0.416 e. The molecule has 0 spiro atoms. The fraction of sp³-hybridized carbons (Fsp3) is 0.619. The lowest BCUT2D eigenvalue weighted by molar-refractivity contribution is -0.198. The van der Waals surface area contributed by atoms with Crippen molar-refractivity contribution in [3.05, 3.63) is 35.9 Å². The molecule has 0 aliphatic carbocycles. The van der Waals surface area contributed by atoms with E-state index >= 15 is 0 Å². The molecule has 7 heteroatoms. The largest absolute Gasteiger partial charge is 0.447 e. The first-order valence-corrected chi connectivity index (χ1v) is 9.74. The number of cyclic esters (lactones) is 1. The van der Waals surface area contributed by atoms with Crippen molar-refractivity contribution in [2.24, 2.45) is 5.92 Å². The van der Waals surface area contributed by atoms with Gasteiger partial charge in [-0.15, -0.1) is 0 Å². The van der Waals surface area contributed by atoms with Gasteiger partial charge in [-0.25, -0.2) is 9.69 Å². The Morgan fingerprint density at radius 2 is 1.93 bits per heavy atom. The number of unbranched alkanes of at least 4 members (excludes halogenated alkanes) is 1. The van der Waals surface area contributed by atoms with Crippen molar-refractivity contribution in [2.75, 3.05) is 27.4 Å². The molecule has 0 bridgehead atoms. The van der Waals surface area contributed by atoms with Gasteiger partial charge in [-0.2, -0.15) is 0 Å². The van der Waals surface area contributed by atoms with Crippen LogP contribution in [-0.2, 0) is 30.2 Å². The molecule has 3 atom stereocenters. The molecule has 1 aromatic rings. The molecular weight excluding hydrogens is 362 g/mol. The maximum atomic E-state index is 13.2. The lowest BCUT2D eigenvalue weighted by Gasteiger charge is -2.31. The number of hydrogen-bond acceptors (Lipinski definition) is 6. The Hall–Kier alpha value is -1.96. The number of ether oxygens (including phenoxy) is 4. The van der Waals surface area contributed by atoms with E-state index in [0.717, 1.165) is 18.4 Å². The number of benzene rings is 1. The van der Waals surface area contributed by atoms with Crippen LogP contribution < -0.4 is 0 Å². The molecule has 2 rings (SSSR count). The van der Waals surface area contributed by atoms with Crippen molar-refractivity contribution in [1.82, 2.24) is 4.90 Å². The normalized spacial score (nSPS) is 19.0. The number of hydrogen-bond donors (Lipinski definition) is 0. The zero-order valence-electron chi connectivity index (χ0n) is 17.1. The van der Waals surface area contributed by atoms with Crippen molar-refractivity contribution in [2.45, 2.75) is 51.5 Å². The topological polar surface area (TPSA) is 74.3 Å². The molecule has 1 aliphatic rings. The third-order valence-electron chi connectivity index (χ3n) is 4.94. The zero-order chi connectivity index (χ0) is 20.5. The second kappa shape index (κ2) is 11.1. The van der Waals surface area contributed by atoms with Gasteiger partial charge in [0.2, 0.25) is 5.91 Å². The second-order valence-corrected chi connectivity index (χ2v) is 6.95. The van der Waals surface area contributed by atoms with Crippen LogP contribution in [0.1, 0.15) is 32.3 Å². The van der Waals surface area contributed by atoms with E-state index in [1.165, 1.54) is 19.1 Å². The highest BCUT2D eigenvalue weighted by molar-refractivity contribution is 5.95. The van der Waals surface area contributed by atoms with Crippen molar-refractivity contribution in [1.29, 1.82) is 0 Å². The number of methoxy groups -OCH3 is 2. The van der Waals surface area contributed by atoms with Crippen LogP contribution in [0.3, 0.4) is 0 Å². The van der Waals surface area contributed by atoms with Gasteiger partial charge in [0.1, 0.15) is 12.7 Å². The molecule has 0 unspecified atom stereocenters. The van der Waals surface area contributed by atoms with Crippen LogP contribution in [0, 0.1) is 5.92 Å². The number of carbonyl (C=O) groups is 2. The zero-order valence-corrected chi connectivity index (χ0v) is 17.1. The van der Waals surface area contributed by atoms with Crippen molar-refractivity contribution in [3.63, 3.8) is 0 Å². The van der Waals surface area contributed by atoms with E-state index in [9.17, 15) is 9.59 Å². The van der Waals surface area contributed by atoms with Crippen LogP contribution in [0.5, 0.6) is 0 Å². The maximum absolute atomic E-state index is 13.2. The van der Waals surface area contributed by atoms with Gasteiger partial charge >= 0.3 is 6.09 Å². The molecule has 156 valence electrons. The van der Waals surface area contributed by atoms with Gasteiger partial charge in [0, 0.05) is 20.8 Å². The average Bonchev–Trinajstić information content (AvgIpc) is 3.07. The summed E-state index contributed by atoms with van der Waals surface area (Å²) in [4.78, 5) is 26.7. The molecule has 1 heterocycles. The van der Waals surface area contributed by atoms with E-state index in [-0.39, 0.29) is 18.6 Å². The van der Waals surface area contributed by atoms with Gasteiger partial charge in [-0.1, -0.05) is 50.6 Å². The predicted molar refractivity (Wildman–Crippen MR) is 104 cm³/mol. The quantitative estimate of drug-likeness (QED) is 0.425. The Kier molecular flexibility index (Phi) is 8.89. The molecule has 0 N–H and O–H groups in total. The summed E-state index contributed by atoms with van der Waals surface area (Å²) in [6.07, 6.45) is 0.431. The Balaban J connectivity index is 2.14. The number of rotatable bonds is 11. The number of carbonyl (C=O) groups excluding carboxylic acids is 2. The molecule has 1 fully saturated rings. The van der Waals surface area contributed by atoms with E-state index < -0.39 is 24.4 Å². The molecule has 0 radical (unpaired) electrons. The van der Waals surface area contributed by atoms with Crippen LogP contribution in [-0.4, -0.2) is 62.8 Å². The Morgan fingerprint density at radius 1 is 1.25 bits per heavy atom. The SMILES string of the molecule is CCCCO[C@H](C(OC)OC)[C@H](C)C(=O)N1C(=O)OC[C@H]1Cc1ccccc1. The highest BCUT2D eigenvalue weighted by Crippen LogP contribution is 2.24. The molecule has 1 aliphatic heterocycles. The second-order valence-electron chi connectivity index (χ2n) is 6.95. The molecule has 0 saturated carbocycles. The third kappa shape index (κ3) is 5.53. The lowest BCUT2D eigenvalue weighted by Crippen LogP contribution is -2.49. The molecule has 28 heavy (non-hydrogen) atoms. The summed E-state index contributed by atoms with van der Waals surface area (Å²) >= 11 is 0. The van der Waals surface area contributed by atoms with Crippen molar-refractivity contribution >= 4 is 12.0 Å². The van der Waals surface area contributed by atoms with E-state index in [1.807, 2.05) is 30.3 Å². The molecule has 1 saturated heterocycles. The van der Waals surface area contributed by atoms with E-state index in [0.29, 0.717) is 13.0 Å². The maximum Gasteiger partial charge on any atom is 0.416 e. The minimum Gasteiger partial charge on any atom is -0.447 e. The monoisotopic (exact) mass is 393 g/mol. The lowest BCUT2D eigenvalue weighted by atomic mass is 9.99. The van der Waals surface area contributed by atoms with Gasteiger partial charge < -0.3 is 18.9 Å². The summed E-state index contributed by atoms with van der Waals surface area (Å²) in [7, 11) is 3.01. The van der Waals surface area contributed by atoms with Crippen LogP contribution in [0.15, 0.2) is 30.3 Å². The minimum absolute atomic E-state index is 0.186. The standard InChI is InChI=1S/C21H31NO6/c1-5-6-12-27-18(20(25-3)26-4)15(2)19(23)22-17(14-28-21(22)24)13-16-10-8-7-9-11-16/h7-11,15,17-18,20H,5-6,12-14H2,1-4H3/t15-,17+,18-/m0/s1. The van der Waals surface area contributed by atoms with E-state index in [2.05, 4.69) is 6.92 Å². The summed E-state index contributed by atoms with van der Waals surface area (Å²) in [5.41, 5.74) is 1.04. The average molecular weight is 393 g/mol. The highest BCUT2D eigenvalue weighted by Gasteiger charge is 2.43. The Morgan fingerprint density at radius 3 is 2.54 bits per heavy atom. The molecule has 2 amide bonds. The number of imide groups is 1. The van der Waals surface area contributed by atoms with Gasteiger partial charge in [-0.3, -0.25) is 4.79 Å². The molecular formula is C21H31NO6. The number of amides is 2. The molecule has 1 aromatic carbocycles.